The van der Waals surface area contributed by atoms with Gasteiger partial charge in [-0.15, -0.1) is 0 Å². The zero-order valence-electron chi connectivity index (χ0n) is 11.0. The van der Waals surface area contributed by atoms with Crippen LogP contribution in [0.3, 0.4) is 0 Å². The Balaban J connectivity index is 2.85. The lowest BCUT2D eigenvalue weighted by atomic mass is 10.0. The number of benzene rings is 1. The minimum atomic E-state index is 0.231. The van der Waals surface area contributed by atoms with Gasteiger partial charge in [-0.2, -0.15) is 0 Å². The van der Waals surface area contributed by atoms with Crippen LogP contribution in [-0.2, 0) is 11.2 Å². The monoisotopic (exact) mass is 236 g/mol. The molecule has 0 bridgehead atoms. The molecule has 0 amide bonds. The maximum absolute atomic E-state index is 10.9. The minimum absolute atomic E-state index is 0.231. The standard InChI is InChI=1S/C14H20O3/c1-10(15)6-5-7-12-8-9-13(16-3)11(2)14(12)17-4/h8-9H,5-7H2,1-4H3. The highest BCUT2D eigenvalue weighted by atomic mass is 16.5. The fraction of sp³-hybridized carbons (Fsp3) is 0.500. The van der Waals surface area contributed by atoms with Crippen LogP contribution >= 0.6 is 0 Å². The van der Waals surface area contributed by atoms with Gasteiger partial charge in [0.1, 0.15) is 17.3 Å². The van der Waals surface area contributed by atoms with E-state index in [9.17, 15) is 4.79 Å². The molecule has 3 heteroatoms. The van der Waals surface area contributed by atoms with Crippen LogP contribution in [0.5, 0.6) is 11.5 Å². The van der Waals surface area contributed by atoms with Crippen LogP contribution in [-0.4, -0.2) is 20.0 Å². The molecule has 0 heterocycles. The van der Waals surface area contributed by atoms with Crippen molar-refractivity contribution >= 4 is 5.78 Å². The second-order valence-electron chi connectivity index (χ2n) is 4.14. The summed E-state index contributed by atoms with van der Waals surface area (Å²) in [5.74, 6) is 1.93. The Morgan fingerprint density at radius 2 is 1.94 bits per heavy atom. The highest BCUT2D eigenvalue weighted by molar-refractivity contribution is 5.75. The van der Waals surface area contributed by atoms with E-state index in [1.807, 2.05) is 19.1 Å². The van der Waals surface area contributed by atoms with Crippen molar-refractivity contribution in [3.05, 3.63) is 23.3 Å². The van der Waals surface area contributed by atoms with E-state index in [1.54, 1.807) is 21.1 Å². The summed E-state index contributed by atoms with van der Waals surface area (Å²) in [5, 5.41) is 0. The lowest BCUT2D eigenvalue weighted by molar-refractivity contribution is -0.117. The van der Waals surface area contributed by atoms with Crippen LogP contribution in [0.4, 0.5) is 0 Å². The zero-order chi connectivity index (χ0) is 12.8. The van der Waals surface area contributed by atoms with E-state index in [2.05, 4.69) is 0 Å². The van der Waals surface area contributed by atoms with Gasteiger partial charge in [0.15, 0.2) is 0 Å². The Morgan fingerprint density at radius 1 is 1.24 bits per heavy atom. The normalized spacial score (nSPS) is 10.1. The first-order valence-electron chi connectivity index (χ1n) is 5.80. The topological polar surface area (TPSA) is 35.5 Å². The van der Waals surface area contributed by atoms with E-state index in [-0.39, 0.29) is 5.78 Å². The summed E-state index contributed by atoms with van der Waals surface area (Å²) in [5.41, 5.74) is 2.14. The number of aryl methyl sites for hydroxylation is 1. The molecular formula is C14H20O3. The molecule has 0 saturated carbocycles. The van der Waals surface area contributed by atoms with Crippen molar-refractivity contribution in [2.45, 2.75) is 33.1 Å². The Hall–Kier alpha value is -1.51. The number of Topliss-reactive ketones (excluding diaryl/α,β-unsaturated/α-hetero) is 1. The largest absolute Gasteiger partial charge is 0.496 e. The van der Waals surface area contributed by atoms with Gasteiger partial charge < -0.3 is 14.3 Å². The molecule has 0 radical (unpaired) electrons. The Morgan fingerprint density at radius 3 is 2.47 bits per heavy atom. The lowest BCUT2D eigenvalue weighted by Gasteiger charge is -2.14. The second kappa shape index (κ2) is 6.28. The third-order valence-electron chi connectivity index (χ3n) is 2.84. The van der Waals surface area contributed by atoms with E-state index < -0.39 is 0 Å². The first kappa shape index (κ1) is 13.6. The average molecular weight is 236 g/mol. The predicted octanol–water partition coefficient (Wildman–Crippen LogP) is 2.92. The first-order chi connectivity index (χ1) is 8.10. The van der Waals surface area contributed by atoms with Crippen molar-refractivity contribution < 1.29 is 14.3 Å². The molecule has 3 nitrogen and oxygen atoms in total. The van der Waals surface area contributed by atoms with Crippen LogP contribution in [0, 0.1) is 6.92 Å². The molecule has 0 unspecified atom stereocenters. The van der Waals surface area contributed by atoms with Crippen LogP contribution in [0.15, 0.2) is 12.1 Å². The van der Waals surface area contributed by atoms with E-state index in [0.717, 1.165) is 35.5 Å². The van der Waals surface area contributed by atoms with Crippen LogP contribution in [0.1, 0.15) is 30.9 Å². The fourth-order valence-corrected chi connectivity index (χ4v) is 1.96. The highest BCUT2D eigenvalue weighted by Gasteiger charge is 2.10. The van der Waals surface area contributed by atoms with Crippen molar-refractivity contribution in [1.82, 2.24) is 0 Å². The van der Waals surface area contributed by atoms with Gasteiger partial charge >= 0.3 is 0 Å². The lowest BCUT2D eigenvalue weighted by Crippen LogP contribution is -1.99. The van der Waals surface area contributed by atoms with Crippen molar-refractivity contribution in [3.8, 4) is 11.5 Å². The Kier molecular flexibility index (Phi) is 5.01. The van der Waals surface area contributed by atoms with Gasteiger partial charge in [0, 0.05) is 12.0 Å². The smallest absolute Gasteiger partial charge is 0.129 e. The number of hydrogen-bond donors (Lipinski definition) is 0. The molecule has 1 rings (SSSR count). The SMILES string of the molecule is COc1ccc(CCCC(C)=O)c(OC)c1C. The zero-order valence-corrected chi connectivity index (χ0v) is 11.0. The summed E-state index contributed by atoms with van der Waals surface area (Å²) >= 11 is 0. The van der Waals surface area contributed by atoms with Gasteiger partial charge in [-0.05, 0) is 38.3 Å². The fourth-order valence-electron chi connectivity index (χ4n) is 1.96. The molecule has 0 spiro atoms. The molecule has 0 atom stereocenters. The molecule has 0 aromatic heterocycles. The van der Waals surface area contributed by atoms with E-state index >= 15 is 0 Å². The minimum Gasteiger partial charge on any atom is -0.496 e. The molecule has 1 aromatic carbocycles. The molecule has 0 fully saturated rings. The van der Waals surface area contributed by atoms with Crippen molar-refractivity contribution in [2.24, 2.45) is 0 Å². The molecule has 94 valence electrons. The number of hydrogen-bond acceptors (Lipinski definition) is 3. The van der Waals surface area contributed by atoms with Crippen molar-refractivity contribution in [2.75, 3.05) is 14.2 Å². The predicted molar refractivity (Wildman–Crippen MR) is 67.9 cm³/mol. The number of methoxy groups -OCH3 is 2. The Labute approximate surface area is 103 Å². The molecule has 1 aromatic rings. The van der Waals surface area contributed by atoms with Gasteiger partial charge in [0.25, 0.3) is 0 Å². The van der Waals surface area contributed by atoms with Crippen LogP contribution < -0.4 is 9.47 Å². The van der Waals surface area contributed by atoms with Gasteiger partial charge in [0.05, 0.1) is 14.2 Å². The highest BCUT2D eigenvalue weighted by Crippen LogP contribution is 2.32. The summed E-state index contributed by atoms with van der Waals surface area (Å²) in [7, 11) is 3.31. The summed E-state index contributed by atoms with van der Waals surface area (Å²) in [6.45, 7) is 3.60. The first-order valence-corrected chi connectivity index (χ1v) is 5.80. The molecule has 0 aliphatic heterocycles. The van der Waals surface area contributed by atoms with Gasteiger partial charge in [-0.25, -0.2) is 0 Å². The summed E-state index contributed by atoms with van der Waals surface area (Å²) < 4.78 is 10.7. The van der Waals surface area contributed by atoms with Crippen molar-refractivity contribution in [3.63, 3.8) is 0 Å². The quantitative estimate of drug-likeness (QED) is 0.761. The number of ether oxygens (including phenoxy) is 2. The average Bonchev–Trinajstić information content (AvgIpc) is 2.29. The molecular weight excluding hydrogens is 216 g/mol. The van der Waals surface area contributed by atoms with Gasteiger partial charge in [-0.1, -0.05) is 6.07 Å². The van der Waals surface area contributed by atoms with E-state index in [4.69, 9.17) is 9.47 Å². The summed E-state index contributed by atoms with van der Waals surface area (Å²) in [6.07, 6.45) is 2.33. The van der Waals surface area contributed by atoms with Crippen molar-refractivity contribution in [1.29, 1.82) is 0 Å². The molecule has 17 heavy (non-hydrogen) atoms. The Bertz CT molecular complexity index is 397. The number of carbonyl (C=O) groups is 1. The molecule has 0 aliphatic carbocycles. The van der Waals surface area contributed by atoms with E-state index in [1.165, 1.54) is 0 Å². The third-order valence-corrected chi connectivity index (χ3v) is 2.84. The molecule has 0 saturated heterocycles. The summed E-state index contributed by atoms with van der Waals surface area (Å²) in [4.78, 5) is 10.9. The summed E-state index contributed by atoms with van der Waals surface area (Å²) in [6, 6.07) is 3.95. The number of carbonyl (C=O) groups excluding carboxylic acids is 1. The maximum atomic E-state index is 10.9. The third kappa shape index (κ3) is 3.48. The van der Waals surface area contributed by atoms with Crippen LogP contribution in [0.25, 0.3) is 0 Å². The van der Waals surface area contributed by atoms with Crippen LogP contribution in [0.2, 0.25) is 0 Å². The van der Waals surface area contributed by atoms with Gasteiger partial charge in [-0.3, -0.25) is 0 Å². The number of rotatable bonds is 6. The molecule has 0 N–H and O–H groups in total. The second-order valence-corrected chi connectivity index (χ2v) is 4.14. The van der Waals surface area contributed by atoms with E-state index in [0.29, 0.717) is 6.42 Å². The number of ketones is 1. The maximum Gasteiger partial charge on any atom is 0.129 e. The molecule has 0 aliphatic rings. The van der Waals surface area contributed by atoms with Gasteiger partial charge in [0.2, 0.25) is 0 Å².